The lowest BCUT2D eigenvalue weighted by atomic mass is 10.2. The highest BCUT2D eigenvalue weighted by Gasteiger charge is 2.39. The molecule has 0 fully saturated rings. The summed E-state index contributed by atoms with van der Waals surface area (Å²) < 4.78 is 39.1. The zero-order chi connectivity index (χ0) is 13.9. The summed E-state index contributed by atoms with van der Waals surface area (Å²) in [6.45, 7) is 2.90. The summed E-state index contributed by atoms with van der Waals surface area (Å²) in [5, 5.41) is 6.91. The highest BCUT2D eigenvalue weighted by molar-refractivity contribution is 5.02. The average molecular weight is 277 g/mol. The topological polar surface area (TPSA) is 60.0 Å². The second-order valence-corrected chi connectivity index (χ2v) is 4.71. The van der Waals surface area contributed by atoms with Crippen LogP contribution in [0.3, 0.4) is 0 Å². The van der Waals surface area contributed by atoms with Crippen molar-refractivity contribution in [2.45, 2.75) is 38.5 Å². The lowest BCUT2D eigenvalue weighted by Gasteiger charge is -2.27. The van der Waals surface area contributed by atoms with E-state index in [1.54, 1.807) is 0 Å². The second-order valence-electron chi connectivity index (χ2n) is 4.71. The molecule has 0 aromatic carbocycles. The molecular weight excluding hydrogens is 259 g/mol. The molecule has 0 aliphatic carbocycles. The van der Waals surface area contributed by atoms with Crippen molar-refractivity contribution in [3.05, 3.63) is 11.6 Å². The minimum absolute atomic E-state index is 0.300. The van der Waals surface area contributed by atoms with Crippen LogP contribution in [0, 0.1) is 0 Å². The number of fused-ring (bicyclic) bond motifs is 1. The number of unbranched alkanes of at least 4 members (excludes halogenated alkanes) is 2. The summed E-state index contributed by atoms with van der Waals surface area (Å²) >= 11 is 0. The maximum Gasteiger partial charge on any atom is 0.451 e. The number of hydrogen-bond donors (Lipinski definition) is 1. The van der Waals surface area contributed by atoms with E-state index in [0.29, 0.717) is 32.0 Å². The number of nitrogens with zero attached hydrogens (tertiary/aromatic N) is 4. The van der Waals surface area contributed by atoms with E-state index in [9.17, 15) is 13.2 Å². The first-order valence-electron chi connectivity index (χ1n) is 6.44. The van der Waals surface area contributed by atoms with E-state index in [1.165, 1.54) is 4.57 Å². The molecule has 19 heavy (non-hydrogen) atoms. The predicted octanol–water partition coefficient (Wildman–Crippen LogP) is 1.24. The van der Waals surface area contributed by atoms with Crippen LogP contribution in [0.1, 0.15) is 30.9 Å². The van der Waals surface area contributed by atoms with Crippen LogP contribution in [0.2, 0.25) is 0 Å². The van der Waals surface area contributed by atoms with Crippen molar-refractivity contribution in [2.24, 2.45) is 5.73 Å². The van der Waals surface area contributed by atoms with Crippen LogP contribution in [0.25, 0.3) is 0 Å². The Balaban J connectivity index is 1.92. The van der Waals surface area contributed by atoms with Crippen LogP contribution in [0.5, 0.6) is 0 Å². The van der Waals surface area contributed by atoms with Crippen molar-refractivity contribution in [3.8, 4) is 0 Å². The average Bonchev–Trinajstić information content (AvgIpc) is 2.77. The van der Waals surface area contributed by atoms with Gasteiger partial charge in [-0.05, 0) is 25.9 Å². The van der Waals surface area contributed by atoms with Crippen molar-refractivity contribution in [1.29, 1.82) is 0 Å². The van der Waals surface area contributed by atoms with Crippen molar-refractivity contribution in [2.75, 3.05) is 19.6 Å². The molecule has 0 saturated carbocycles. The maximum atomic E-state index is 12.6. The largest absolute Gasteiger partial charge is 0.451 e. The van der Waals surface area contributed by atoms with Crippen LogP contribution in [0.4, 0.5) is 13.2 Å². The summed E-state index contributed by atoms with van der Waals surface area (Å²) in [5.74, 6) is -0.484. The Hall–Kier alpha value is -1.15. The van der Waals surface area contributed by atoms with Crippen LogP contribution in [0.15, 0.2) is 0 Å². The summed E-state index contributed by atoms with van der Waals surface area (Å²) in [6.07, 6.45) is -1.37. The maximum absolute atomic E-state index is 12.6. The number of halogens is 3. The Labute approximate surface area is 109 Å². The molecule has 1 aliphatic rings. The smallest absolute Gasteiger partial charge is 0.330 e. The highest BCUT2D eigenvalue weighted by atomic mass is 19.4. The fourth-order valence-electron chi connectivity index (χ4n) is 2.26. The van der Waals surface area contributed by atoms with Gasteiger partial charge < -0.3 is 10.3 Å². The third-order valence-corrected chi connectivity index (χ3v) is 3.26. The molecule has 2 rings (SSSR count). The zero-order valence-corrected chi connectivity index (χ0v) is 10.7. The number of hydrogen-bond acceptors (Lipinski definition) is 4. The molecule has 0 bridgehead atoms. The lowest BCUT2D eigenvalue weighted by Crippen LogP contribution is -2.35. The van der Waals surface area contributed by atoms with Gasteiger partial charge in [0.25, 0.3) is 0 Å². The number of alkyl halides is 3. The van der Waals surface area contributed by atoms with E-state index in [4.69, 9.17) is 5.73 Å². The summed E-state index contributed by atoms with van der Waals surface area (Å²) in [4.78, 5) is 2.11. The molecule has 0 unspecified atom stereocenters. The van der Waals surface area contributed by atoms with Gasteiger partial charge in [-0.1, -0.05) is 6.42 Å². The predicted molar refractivity (Wildman–Crippen MR) is 63.2 cm³/mol. The summed E-state index contributed by atoms with van der Waals surface area (Å²) in [7, 11) is 0. The highest BCUT2D eigenvalue weighted by Crippen LogP contribution is 2.29. The first-order valence-corrected chi connectivity index (χ1v) is 6.44. The van der Waals surface area contributed by atoms with Crippen LogP contribution in [-0.2, 0) is 19.3 Å². The van der Waals surface area contributed by atoms with Gasteiger partial charge in [-0.3, -0.25) is 4.90 Å². The van der Waals surface area contributed by atoms with Gasteiger partial charge >= 0.3 is 6.18 Å². The van der Waals surface area contributed by atoms with Gasteiger partial charge in [0, 0.05) is 13.1 Å². The lowest BCUT2D eigenvalue weighted by molar-refractivity contribution is -0.148. The SMILES string of the molecule is NCCCCCN1CCn2c(nnc2C(F)(F)F)C1. The van der Waals surface area contributed by atoms with Gasteiger partial charge in [0.05, 0.1) is 6.54 Å². The van der Waals surface area contributed by atoms with Gasteiger partial charge in [-0.25, -0.2) is 0 Å². The molecule has 2 N–H and O–H groups in total. The summed E-state index contributed by atoms with van der Waals surface area (Å²) in [5.41, 5.74) is 5.41. The van der Waals surface area contributed by atoms with Crippen LogP contribution < -0.4 is 5.73 Å². The molecule has 1 aromatic heterocycles. The molecule has 0 spiro atoms. The molecule has 8 heteroatoms. The standard InChI is InChI=1S/C11H18F3N5/c12-11(13,14)10-17-16-9-8-18(6-7-19(9)10)5-3-1-2-4-15/h1-8,15H2. The van der Waals surface area contributed by atoms with Crippen molar-refractivity contribution in [3.63, 3.8) is 0 Å². The fraction of sp³-hybridized carbons (Fsp3) is 0.818. The van der Waals surface area contributed by atoms with Gasteiger partial charge in [0.2, 0.25) is 5.82 Å². The Morgan fingerprint density at radius 3 is 2.58 bits per heavy atom. The van der Waals surface area contributed by atoms with Crippen molar-refractivity contribution >= 4 is 0 Å². The third kappa shape index (κ3) is 3.44. The number of aromatic nitrogens is 3. The molecular formula is C11H18F3N5. The van der Waals surface area contributed by atoms with E-state index >= 15 is 0 Å². The van der Waals surface area contributed by atoms with E-state index in [2.05, 4.69) is 15.1 Å². The van der Waals surface area contributed by atoms with Gasteiger partial charge in [-0.15, -0.1) is 10.2 Å². The normalized spacial score (nSPS) is 16.6. The van der Waals surface area contributed by atoms with E-state index in [-0.39, 0.29) is 0 Å². The molecule has 0 amide bonds. The first-order chi connectivity index (χ1) is 9.02. The Morgan fingerprint density at radius 1 is 1.11 bits per heavy atom. The molecule has 1 aromatic rings. The zero-order valence-electron chi connectivity index (χ0n) is 10.7. The minimum Gasteiger partial charge on any atom is -0.330 e. The minimum atomic E-state index is -4.42. The Morgan fingerprint density at radius 2 is 1.89 bits per heavy atom. The fourth-order valence-corrected chi connectivity index (χ4v) is 2.26. The molecule has 0 saturated heterocycles. The Kier molecular flexibility index (Phi) is 4.41. The Bertz CT molecular complexity index is 415. The molecule has 1 aliphatic heterocycles. The van der Waals surface area contributed by atoms with E-state index in [1.807, 2.05) is 0 Å². The van der Waals surface area contributed by atoms with Gasteiger partial charge in [0.15, 0.2) is 0 Å². The number of rotatable bonds is 5. The van der Waals surface area contributed by atoms with Crippen molar-refractivity contribution < 1.29 is 13.2 Å². The monoisotopic (exact) mass is 277 g/mol. The second kappa shape index (κ2) is 5.87. The van der Waals surface area contributed by atoms with Gasteiger partial charge in [0.1, 0.15) is 5.82 Å². The molecule has 0 radical (unpaired) electrons. The van der Waals surface area contributed by atoms with Crippen LogP contribution >= 0.6 is 0 Å². The van der Waals surface area contributed by atoms with E-state index < -0.39 is 12.0 Å². The molecule has 2 heterocycles. The quantitative estimate of drug-likeness (QED) is 0.823. The van der Waals surface area contributed by atoms with Gasteiger partial charge in [-0.2, -0.15) is 13.2 Å². The summed E-state index contributed by atoms with van der Waals surface area (Å²) in [6, 6.07) is 0. The first kappa shape index (κ1) is 14.3. The third-order valence-electron chi connectivity index (χ3n) is 3.26. The molecule has 0 atom stereocenters. The van der Waals surface area contributed by atoms with Crippen molar-refractivity contribution in [1.82, 2.24) is 19.7 Å². The number of nitrogens with two attached hydrogens (primary N) is 1. The molecule has 108 valence electrons. The van der Waals surface area contributed by atoms with Crippen LogP contribution in [-0.4, -0.2) is 39.3 Å². The molecule has 5 nitrogen and oxygen atoms in total. The van der Waals surface area contributed by atoms with E-state index in [0.717, 1.165) is 25.8 Å².